The van der Waals surface area contributed by atoms with Gasteiger partial charge in [-0.25, -0.2) is 4.99 Å². The zero-order valence-corrected chi connectivity index (χ0v) is 16.8. The van der Waals surface area contributed by atoms with Crippen molar-refractivity contribution < 1.29 is 9.59 Å². The molecule has 4 N–H and O–H groups in total. The van der Waals surface area contributed by atoms with Crippen LogP contribution in [-0.4, -0.2) is 48.9 Å². The van der Waals surface area contributed by atoms with Crippen LogP contribution in [0.4, 0.5) is 0 Å². The Morgan fingerprint density at radius 3 is 2.60 bits per heavy atom. The molecular weight excluding hydrogens is 433 g/mol. The Morgan fingerprint density at radius 2 is 1.96 bits per heavy atom. The molecule has 0 spiro atoms. The van der Waals surface area contributed by atoms with Gasteiger partial charge in [0.25, 0.3) is 0 Å². The van der Waals surface area contributed by atoms with E-state index in [1.807, 2.05) is 17.9 Å². The van der Waals surface area contributed by atoms with E-state index in [2.05, 4.69) is 15.6 Å². The lowest BCUT2D eigenvalue weighted by atomic mass is 10.1. The third-order valence-corrected chi connectivity index (χ3v) is 3.84. The number of carbonyl (C=O) groups excluding carboxylic acids is 2. The monoisotopic (exact) mass is 459 g/mol. The molecule has 0 unspecified atom stereocenters. The van der Waals surface area contributed by atoms with Crippen molar-refractivity contribution in [2.45, 2.75) is 26.3 Å². The van der Waals surface area contributed by atoms with Gasteiger partial charge in [0.05, 0.1) is 13.1 Å². The van der Waals surface area contributed by atoms with Gasteiger partial charge in [-0.2, -0.15) is 0 Å². The van der Waals surface area contributed by atoms with Crippen LogP contribution >= 0.6 is 24.0 Å². The molecule has 0 radical (unpaired) electrons. The van der Waals surface area contributed by atoms with Crippen LogP contribution in [0, 0.1) is 0 Å². The number of hydrogen-bond acceptors (Lipinski definition) is 3. The van der Waals surface area contributed by atoms with Gasteiger partial charge in [-0.15, -0.1) is 24.0 Å². The van der Waals surface area contributed by atoms with Crippen LogP contribution < -0.4 is 16.4 Å². The third kappa shape index (κ3) is 6.89. The van der Waals surface area contributed by atoms with E-state index in [1.165, 1.54) is 0 Å². The van der Waals surface area contributed by atoms with E-state index in [0.29, 0.717) is 24.6 Å². The number of likely N-dealkylation sites (tertiary alicyclic amines) is 1. The van der Waals surface area contributed by atoms with Gasteiger partial charge in [0, 0.05) is 25.2 Å². The Morgan fingerprint density at radius 1 is 1.24 bits per heavy atom. The van der Waals surface area contributed by atoms with Crippen LogP contribution in [0.2, 0.25) is 0 Å². The van der Waals surface area contributed by atoms with E-state index in [4.69, 9.17) is 5.73 Å². The fourth-order valence-corrected chi connectivity index (χ4v) is 2.57. The number of primary amides is 1. The van der Waals surface area contributed by atoms with Crippen molar-refractivity contribution in [2.75, 3.05) is 26.2 Å². The average Bonchev–Trinajstić information content (AvgIpc) is 3.12. The molecule has 1 aromatic rings. The number of benzene rings is 1. The number of halogens is 1. The molecule has 1 aromatic carbocycles. The number of nitrogens with two attached hydrogens (primary N) is 1. The molecule has 2 rings (SSSR count). The van der Waals surface area contributed by atoms with Crippen molar-refractivity contribution in [3.63, 3.8) is 0 Å². The van der Waals surface area contributed by atoms with Crippen molar-refractivity contribution in [2.24, 2.45) is 10.7 Å². The number of amides is 2. The molecule has 0 bridgehead atoms. The number of nitrogens with one attached hydrogen (secondary N) is 2. The van der Waals surface area contributed by atoms with Crippen LogP contribution in [0.1, 0.15) is 35.7 Å². The highest BCUT2D eigenvalue weighted by molar-refractivity contribution is 14.0. The summed E-state index contributed by atoms with van der Waals surface area (Å²) >= 11 is 0. The maximum Gasteiger partial charge on any atom is 0.248 e. The smallest absolute Gasteiger partial charge is 0.248 e. The number of aliphatic imine (C=N–C) groups is 1. The van der Waals surface area contributed by atoms with E-state index in [-0.39, 0.29) is 36.4 Å². The number of guanidine groups is 1. The molecular formula is C17H26IN5O2. The quantitative estimate of drug-likeness (QED) is 0.337. The average molecular weight is 459 g/mol. The maximum atomic E-state index is 12.1. The minimum atomic E-state index is -0.456. The van der Waals surface area contributed by atoms with Crippen LogP contribution in [0.5, 0.6) is 0 Å². The fourth-order valence-electron chi connectivity index (χ4n) is 2.57. The van der Waals surface area contributed by atoms with Crippen molar-refractivity contribution in [3.05, 3.63) is 35.4 Å². The van der Waals surface area contributed by atoms with E-state index in [1.54, 1.807) is 18.2 Å². The Hall–Kier alpha value is -1.84. The van der Waals surface area contributed by atoms with Crippen LogP contribution in [-0.2, 0) is 11.3 Å². The summed E-state index contributed by atoms with van der Waals surface area (Å²) in [5.74, 6) is 0.213. The molecule has 1 heterocycles. The minimum absolute atomic E-state index is 0. The molecule has 1 aliphatic rings. The highest BCUT2D eigenvalue weighted by Crippen LogP contribution is 2.07. The molecule has 1 saturated heterocycles. The Balaban J connectivity index is 0.00000312. The van der Waals surface area contributed by atoms with E-state index in [9.17, 15) is 9.59 Å². The maximum absolute atomic E-state index is 12.1. The van der Waals surface area contributed by atoms with Gasteiger partial charge < -0.3 is 21.3 Å². The van der Waals surface area contributed by atoms with Gasteiger partial charge in [0.15, 0.2) is 5.96 Å². The molecule has 0 atom stereocenters. The SMILES string of the molecule is CCNC(=NCc1cccc(C(N)=O)c1)NCC(=O)N1CCCC1.I. The van der Waals surface area contributed by atoms with Crippen LogP contribution in [0.3, 0.4) is 0 Å². The van der Waals surface area contributed by atoms with Crippen LogP contribution in [0.25, 0.3) is 0 Å². The fraction of sp³-hybridized carbons (Fsp3) is 0.471. The highest BCUT2D eigenvalue weighted by Gasteiger charge is 2.17. The van der Waals surface area contributed by atoms with Crippen molar-refractivity contribution in [1.82, 2.24) is 15.5 Å². The lowest BCUT2D eigenvalue weighted by Gasteiger charge is -2.17. The van der Waals surface area contributed by atoms with Gasteiger partial charge in [-0.1, -0.05) is 12.1 Å². The second kappa shape index (κ2) is 10.9. The zero-order chi connectivity index (χ0) is 17.4. The summed E-state index contributed by atoms with van der Waals surface area (Å²) in [7, 11) is 0. The Kier molecular flexibility index (Phi) is 9.25. The number of nitrogens with zero attached hydrogens (tertiary/aromatic N) is 2. The first kappa shape index (κ1) is 21.2. The summed E-state index contributed by atoms with van der Waals surface area (Å²) in [6.07, 6.45) is 2.16. The standard InChI is InChI=1S/C17H25N5O2.HI/c1-2-19-17(21-12-15(23)22-8-3-4-9-22)20-11-13-6-5-7-14(10-13)16(18)24;/h5-7,10H,2-4,8-9,11-12H2,1H3,(H2,18,24)(H2,19,20,21);1H. The van der Waals surface area contributed by atoms with Gasteiger partial charge in [0.2, 0.25) is 11.8 Å². The molecule has 2 amide bonds. The molecule has 0 aliphatic carbocycles. The predicted molar refractivity (Wildman–Crippen MR) is 109 cm³/mol. The lowest BCUT2D eigenvalue weighted by Crippen LogP contribution is -2.44. The summed E-state index contributed by atoms with van der Waals surface area (Å²) in [5, 5.41) is 6.17. The second-order valence-electron chi connectivity index (χ2n) is 5.70. The second-order valence-corrected chi connectivity index (χ2v) is 5.70. The third-order valence-electron chi connectivity index (χ3n) is 3.84. The topological polar surface area (TPSA) is 99.8 Å². The lowest BCUT2D eigenvalue weighted by molar-refractivity contribution is -0.128. The van der Waals surface area contributed by atoms with Crippen molar-refractivity contribution >= 4 is 41.8 Å². The predicted octanol–water partition coefficient (Wildman–Crippen LogP) is 1.08. The number of hydrogen-bond donors (Lipinski definition) is 3. The summed E-state index contributed by atoms with van der Waals surface area (Å²) in [4.78, 5) is 29.6. The molecule has 1 fully saturated rings. The summed E-state index contributed by atoms with van der Waals surface area (Å²) in [6.45, 7) is 4.97. The largest absolute Gasteiger partial charge is 0.366 e. The van der Waals surface area contributed by atoms with Gasteiger partial charge in [-0.05, 0) is 37.5 Å². The summed E-state index contributed by atoms with van der Waals surface area (Å²) < 4.78 is 0. The van der Waals surface area contributed by atoms with E-state index >= 15 is 0 Å². The zero-order valence-electron chi connectivity index (χ0n) is 14.5. The molecule has 0 saturated carbocycles. The summed E-state index contributed by atoms with van der Waals surface area (Å²) in [5.41, 5.74) is 6.63. The van der Waals surface area contributed by atoms with E-state index < -0.39 is 5.91 Å². The highest BCUT2D eigenvalue weighted by atomic mass is 127. The van der Waals surface area contributed by atoms with Gasteiger partial charge in [0.1, 0.15) is 0 Å². The molecule has 8 heteroatoms. The Labute approximate surface area is 165 Å². The van der Waals surface area contributed by atoms with Gasteiger partial charge >= 0.3 is 0 Å². The first-order chi connectivity index (χ1) is 11.6. The van der Waals surface area contributed by atoms with Crippen molar-refractivity contribution in [3.8, 4) is 0 Å². The van der Waals surface area contributed by atoms with Gasteiger partial charge in [-0.3, -0.25) is 9.59 Å². The molecule has 1 aliphatic heterocycles. The minimum Gasteiger partial charge on any atom is -0.366 e. The number of rotatable bonds is 6. The molecule has 0 aromatic heterocycles. The molecule has 25 heavy (non-hydrogen) atoms. The van der Waals surface area contributed by atoms with Crippen LogP contribution in [0.15, 0.2) is 29.3 Å². The molecule has 138 valence electrons. The van der Waals surface area contributed by atoms with Crippen molar-refractivity contribution in [1.29, 1.82) is 0 Å². The van der Waals surface area contributed by atoms with E-state index in [0.717, 1.165) is 31.5 Å². The number of carbonyl (C=O) groups is 2. The first-order valence-corrected chi connectivity index (χ1v) is 8.29. The first-order valence-electron chi connectivity index (χ1n) is 8.29. The molecule has 7 nitrogen and oxygen atoms in total. The normalized spacial score (nSPS) is 14.0. The summed E-state index contributed by atoms with van der Waals surface area (Å²) in [6, 6.07) is 7.07. The Bertz CT molecular complexity index is 615.